The van der Waals surface area contributed by atoms with Gasteiger partial charge in [0.25, 0.3) is 0 Å². The lowest BCUT2D eigenvalue weighted by Gasteiger charge is -2.26. The zero-order valence-corrected chi connectivity index (χ0v) is 28.1. The summed E-state index contributed by atoms with van der Waals surface area (Å²) in [7, 11) is 0. The number of hydrogen-bond acceptors (Lipinski definition) is 5. The monoisotopic (exact) mass is 666 g/mol. The van der Waals surface area contributed by atoms with E-state index in [1.807, 2.05) is 22.7 Å². The van der Waals surface area contributed by atoms with Crippen LogP contribution < -0.4 is 4.90 Å². The number of hydrogen-bond donors (Lipinski definition) is 0. The number of fused-ring (bicyclic) bond motifs is 8. The molecule has 3 aromatic heterocycles. The summed E-state index contributed by atoms with van der Waals surface area (Å²) < 4.78 is 6.43. The van der Waals surface area contributed by atoms with Gasteiger partial charge in [0, 0.05) is 63.0 Å². The molecule has 0 aliphatic heterocycles. The van der Waals surface area contributed by atoms with Crippen molar-refractivity contribution in [1.29, 1.82) is 0 Å². The summed E-state index contributed by atoms with van der Waals surface area (Å²) >= 11 is 5.47. The molecule has 0 aliphatic carbocycles. The molecule has 0 atom stereocenters. The van der Waals surface area contributed by atoms with Crippen molar-refractivity contribution in [3.8, 4) is 21.7 Å². The molecule has 0 amide bonds. The fourth-order valence-corrected chi connectivity index (χ4v) is 9.97. The van der Waals surface area contributed by atoms with Gasteiger partial charge in [-0.2, -0.15) is 0 Å². The first-order valence-electron chi connectivity index (χ1n) is 15.9. The van der Waals surface area contributed by atoms with Gasteiger partial charge in [-0.15, -0.1) is 34.0 Å². The third-order valence-electron chi connectivity index (χ3n) is 9.10. The fraction of sp³-hybridized carbons (Fsp3) is 0. The molecule has 2 nitrogen and oxygen atoms in total. The predicted octanol–water partition coefficient (Wildman–Crippen LogP) is 13.8. The van der Waals surface area contributed by atoms with Crippen LogP contribution in [0.2, 0.25) is 0 Å². The summed E-state index contributed by atoms with van der Waals surface area (Å²) in [4.78, 5) is 7.53. The van der Waals surface area contributed by atoms with Gasteiger partial charge in [0.15, 0.2) is 0 Å². The maximum absolute atomic E-state index is 5.18. The van der Waals surface area contributed by atoms with Gasteiger partial charge in [-0.05, 0) is 83.9 Å². The Bertz CT molecular complexity index is 2770. The van der Waals surface area contributed by atoms with Gasteiger partial charge in [-0.3, -0.25) is 0 Å². The lowest BCUT2D eigenvalue weighted by molar-refractivity contribution is 1.29. The van der Waals surface area contributed by atoms with Crippen molar-refractivity contribution >= 4 is 102 Å². The standard InChI is InChI=1S/C43H26N2S3/c1-3-9-28(10-4-1)43-44-42-40(48-43)24-23-39-41(42)35-25-29(17-21-38(35)47-39)27-15-18-31(19-16-27)45(30-11-5-2-6-12-30)32-20-22-37-34(26-32)33-13-7-8-14-36(33)46-37/h1-26H. The van der Waals surface area contributed by atoms with Crippen LogP contribution in [-0.4, -0.2) is 4.98 Å². The average molecular weight is 667 g/mol. The van der Waals surface area contributed by atoms with Crippen LogP contribution in [0, 0.1) is 0 Å². The van der Waals surface area contributed by atoms with Gasteiger partial charge < -0.3 is 4.90 Å². The Morgan fingerprint density at radius 2 is 0.979 bits per heavy atom. The van der Waals surface area contributed by atoms with Crippen LogP contribution >= 0.6 is 34.0 Å². The molecule has 3 heterocycles. The van der Waals surface area contributed by atoms with E-state index in [0.29, 0.717) is 0 Å². The fourth-order valence-electron chi connectivity index (χ4n) is 6.82. The van der Waals surface area contributed by atoms with Gasteiger partial charge >= 0.3 is 0 Å². The highest BCUT2D eigenvalue weighted by Crippen LogP contribution is 2.44. The highest BCUT2D eigenvalue weighted by Gasteiger charge is 2.17. The van der Waals surface area contributed by atoms with Crippen molar-refractivity contribution < 1.29 is 0 Å². The van der Waals surface area contributed by atoms with E-state index >= 15 is 0 Å². The molecule has 0 saturated carbocycles. The number of rotatable bonds is 5. The highest BCUT2D eigenvalue weighted by atomic mass is 32.1. The van der Waals surface area contributed by atoms with E-state index in [-0.39, 0.29) is 0 Å². The summed E-state index contributed by atoms with van der Waals surface area (Å²) in [6.07, 6.45) is 0. The van der Waals surface area contributed by atoms with Gasteiger partial charge in [0.2, 0.25) is 0 Å². The third kappa shape index (κ3) is 4.54. The summed E-state index contributed by atoms with van der Waals surface area (Å²) in [6, 6.07) is 57.1. The van der Waals surface area contributed by atoms with Crippen molar-refractivity contribution in [1.82, 2.24) is 4.98 Å². The number of nitrogens with zero attached hydrogens (tertiary/aromatic N) is 2. The molecule has 48 heavy (non-hydrogen) atoms. The van der Waals surface area contributed by atoms with Crippen molar-refractivity contribution in [2.75, 3.05) is 4.90 Å². The molecular formula is C43H26N2S3. The van der Waals surface area contributed by atoms with Crippen LogP contribution in [0.5, 0.6) is 0 Å². The second kappa shape index (κ2) is 11.1. The number of thiophene rings is 2. The van der Waals surface area contributed by atoms with E-state index in [1.165, 1.54) is 61.7 Å². The molecule has 0 radical (unpaired) electrons. The number of benzene rings is 7. The topological polar surface area (TPSA) is 16.1 Å². The largest absolute Gasteiger partial charge is 0.310 e. The first kappa shape index (κ1) is 27.8. The van der Waals surface area contributed by atoms with E-state index in [0.717, 1.165) is 27.6 Å². The molecule has 0 saturated heterocycles. The van der Waals surface area contributed by atoms with Crippen molar-refractivity contribution in [3.05, 3.63) is 158 Å². The Kier molecular flexibility index (Phi) is 6.44. The second-order valence-corrected chi connectivity index (χ2v) is 15.2. The van der Waals surface area contributed by atoms with Gasteiger partial charge in [0.1, 0.15) is 5.01 Å². The Morgan fingerprint density at radius 3 is 1.83 bits per heavy atom. The number of thiazole rings is 1. The van der Waals surface area contributed by atoms with Crippen molar-refractivity contribution in [3.63, 3.8) is 0 Å². The molecule has 10 rings (SSSR count). The summed E-state index contributed by atoms with van der Waals surface area (Å²) in [6.45, 7) is 0. The van der Waals surface area contributed by atoms with Gasteiger partial charge in [-0.25, -0.2) is 4.98 Å². The Balaban J connectivity index is 1.07. The van der Waals surface area contributed by atoms with E-state index < -0.39 is 0 Å². The third-order valence-corrected chi connectivity index (χ3v) is 12.5. The summed E-state index contributed by atoms with van der Waals surface area (Å²) in [5, 5.41) is 6.21. The van der Waals surface area contributed by atoms with Crippen LogP contribution in [0.25, 0.3) is 72.3 Å². The molecule has 0 spiro atoms. The normalized spacial score (nSPS) is 11.8. The summed E-state index contributed by atoms with van der Waals surface area (Å²) in [5.41, 5.74) is 8.09. The molecule has 0 unspecified atom stereocenters. The first-order valence-corrected chi connectivity index (χ1v) is 18.4. The lowest BCUT2D eigenvalue weighted by Crippen LogP contribution is -2.09. The molecular weight excluding hydrogens is 641 g/mol. The Labute approximate surface area is 289 Å². The van der Waals surface area contributed by atoms with Crippen molar-refractivity contribution in [2.24, 2.45) is 0 Å². The molecule has 10 aromatic rings. The molecule has 7 aromatic carbocycles. The minimum absolute atomic E-state index is 1.07. The van der Waals surface area contributed by atoms with Crippen LogP contribution in [0.1, 0.15) is 0 Å². The zero-order valence-electron chi connectivity index (χ0n) is 25.6. The van der Waals surface area contributed by atoms with Crippen LogP contribution in [0.4, 0.5) is 17.1 Å². The molecule has 0 aliphatic rings. The van der Waals surface area contributed by atoms with E-state index in [9.17, 15) is 0 Å². The first-order chi connectivity index (χ1) is 23.8. The predicted molar refractivity (Wildman–Crippen MR) is 211 cm³/mol. The highest BCUT2D eigenvalue weighted by molar-refractivity contribution is 7.26. The SMILES string of the molecule is c1ccc(-c2nc3c(ccc4sc5ccc(-c6ccc(N(c7ccccc7)c7ccc8sc9ccccc9c8c7)cc6)cc5c43)s2)cc1. The average Bonchev–Trinajstić information content (AvgIpc) is 3.86. The number of aromatic nitrogens is 1. The van der Waals surface area contributed by atoms with Gasteiger partial charge in [-0.1, -0.05) is 84.9 Å². The van der Waals surface area contributed by atoms with Crippen LogP contribution in [-0.2, 0) is 0 Å². The summed E-state index contributed by atoms with van der Waals surface area (Å²) in [5.74, 6) is 0. The minimum Gasteiger partial charge on any atom is -0.310 e. The molecule has 0 fully saturated rings. The van der Waals surface area contributed by atoms with E-state index in [2.05, 4.69) is 163 Å². The maximum Gasteiger partial charge on any atom is 0.124 e. The molecule has 0 bridgehead atoms. The minimum atomic E-state index is 1.07. The van der Waals surface area contributed by atoms with Crippen LogP contribution in [0.3, 0.4) is 0 Å². The van der Waals surface area contributed by atoms with E-state index in [1.54, 1.807) is 11.3 Å². The van der Waals surface area contributed by atoms with Crippen molar-refractivity contribution in [2.45, 2.75) is 0 Å². The second-order valence-electron chi connectivity index (χ2n) is 12.0. The molecule has 5 heteroatoms. The quantitative estimate of drug-likeness (QED) is 0.182. The number of para-hydroxylation sites is 1. The van der Waals surface area contributed by atoms with Crippen LogP contribution in [0.15, 0.2) is 158 Å². The smallest absolute Gasteiger partial charge is 0.124 e. The van der Waals surface area contributed by atoms with Gasteiger partial charge in [0.05, 0.1) is 10.2 Å². The lowest BCUT2D eigenvalue weighted by atomic mass is 10.0. The van der Waals surface area contributed by atoms with E-state index in [4.69, 9.17) is 4.98 Å². The number of anilines is 3. The maximum atomic E-state index is 5.18. The zero-order chi connectivity index (χ0) is 31.6. The Morgan fingerprint density at radius 1 is 0.375 bits per heavy atom. The molecule has 0 N–H and O–H groups in total. The Hall–Kier alpha value is -5.33. The molecule has 226 valence electrons.